The maximum atomic E-state index is 11.1. The number of carbonyl (C=O) groups is 1. The number of nitrogens with one attached hydrogen (secondary N) is 1. The van der Waals surface area contributed by atoms with Crippen molar-refractivity contribution in [2.24, 2.45) is 0 Å². The molecule has 3 rings (SSSR count). The largest absolute Gasteiger partial charge is 0.490 e. The maximum Gasteiger partial charge on any atom is 0.321 e. The molecule has 150 valence electrons. The number of halogens is 1. The number of thioether (sulfide) groups is 1. The normalized spacial score (nSPS) is 18.8. The van der Waals surface area contributed by atoms with Gasteiger partial charge in [-0.15, -0.1) is 11.8 Å². The van der Waals surface area contributed by atoms with Crippen LogP contribution in [0.25, 0.3) is 0 Å². The molecule has 2 unspecified atom stereocenters. The van der Waals surface area contributed by atoms with Crippen molar-refractivity contribution < 1.29 is 19.4 Å². The van der Waals surface area contributed by atoms with E-state index in [0.29, 0.717) is 19.0 Å². The fraction of sp³-hybridized carbons (Fsp3) is 0.381. The number of benzene rings is 2. The van der Waals surface area contributed by atoms with Gasteiger partial charge >= 0.3 is 5.97 Å². The molecule has 28 heavy (non-hydrogen) atoms. The Kier molecular flexibility index (Phi) is 7.65. The van der Waals surface area contributed by atoms with E-state index in [2.05, 4.69) is 40.3 Å². The lowest BCUT2D eigenvalue weighted by atomic mass is 10.1. The second kappa shape index (κ2) is 10.2. The Morgan fingerprint density at radius 2 is 1.96 bits per heavy atom. The molecule has 2 aromatic rings. The van der Waals surface area contributed by atoms with Crippen LogP contribution in [0.5, 0.6) is 11.5 Å². The van der Waals surface area contributed by atoms with Crippen LogP contribution >= 0.6 is 27.7 Å². The summed E-state index contributed by atoms with van der Waals surface area (Å²) >= 11 is 5.13. The molecule has 0 spiro atoms. The molecule has 0 bridgehead atoms. The highest BCUT2D eigenvalue weighted by Gasteiger charge is 2.30. The topological polar surface area (TPSA) is 67.8 Å². The van der Waals surface area contributed by atoms with Gasteiger partial charge in [-0.05, 0) is 57.7 Å². The number of hydrogen-bond acceptors (Lipinski definition) is 5. The number of ether oxygens (including phenoxy) is 2. The lowest BCUT2D eigenvalue weighted by molar-refractivity contribution is -0.138. The third kappa shape index (κ3) is 5.65. The van der Waals surface area contributed by atoms with E-state index in [-0.39, 0.29) is 5.37 Å². The third-order valence-corrected chi connectivity index (χ3v) is 6.30. The molecule has 0 saturated carbocycles. The molecule has 1 aliphatic heterocycles. The molecule has 1 heterocycles. The third-order valence-electron chi connectivity index (χ3n) is 4.41. The summed E-state index contributed by atoms with van der Waals surface area (Å²) in [5.41, 5.74) is 2.34. The molecular weight excluding hydrogens is 442 g/mol. The van der Waals surface area contributed by atoms with Gasteiger partial charge in [-0.2, -0.15) is 0 Å². The predicted octanol–water partition coefficient (Wildman–Crippen LogP) is 4.65. The summed E-state index contributed by atoms with van der Waals surface area (Å²) in [6, 6.07) is 13.5. The Bertz CT molecular complexity index is 799. The Labute approximate surface area is 177 Å². The van der Waals surface area contributed by atoms with Gasteiger partial charge in [-0.25, -0.2) is 0 Å². The second-order valence-corrected chi connectivity index (χ2v) is 8.54. The van der Waals surface area contributed by atoms with Crippen LogP contribution in [0.4, 0.5) is 0 Å². The van der Waals surface area contributed by atoms with Gasteiger partial charge in [0.05, 0.1) is 9.85 Å². The van der Waals surface area contributed by atoms with Crippen molar-refractivity contribution in [2.75, 3.05) is 19.0 Å². The van der Waals surface area contributed by atoms with Crippen LogP contribution in [0.1, 0.15) is 29.8 Å². The number of hydrogen-bond donors (Lipinski definition) is 2. The molecule has 2 atom stereocenters. The summed E-state index contributed by atoms with van der Waals surface area (Å²) < 4.78 is 12.4. The van der Waals surface area contributed by atoms with E-state index < -0.39 is 12.0 Å². The summed E-state index contributed by atoms with van der Waals surface area (Å²) in [6.45, 7) is 3.07. The van der Waals surface area contributed by atoms with Crippen molar-refractivity contribution in [2.45, 2.75) is 31.2 Å². The van der Waals surface area contributed by atoms with Gasteiger partial charge in [0.15, 0.2) is 0 Å². The summed E-state index contributed by atoms with van der Waals surface area (Å²) in [7, 11) is 0. The van der Waals surface area contributed by atoms with Gasteiger partial charge in [0.1, 0.15) is 30.8 Å². The van der Waals surface area contributed by atoms with E-state index in [4.69, 9.17) is 14.6 Å². The average Bonchev–Trinajstić information content (AvgIpc) is 3.18. The molecule has 2 N–H and O–H groups in total. The van der Waals surface area contributed by atoms with Crippen LogP contribution < -0.4 is 14.8 Å². The number of aliphatic carboxylic acids is 1. The summed E-state index contributed by atoms with van der Waals surface area (Å²) in [5, 5.41) is 12.2. The van der Waals surface area contributed by atoms with Crippen LogP contribution in [-0.4, -0.2) is 36.1 Å². The summed E-state index contributed by atoms with van der Waals surface area (Å²) in [4.78, 5) is 11.1. The Morgan fingerprint density at radius 1 is 1.21 bits per heavy atom. The molecule has 5 nitrogen and oxygen atoms in total. The van der Waals surface area contributed by atoms with Crippen LogP contribution in [0, 0.1) is 0 Å². The van der Waals surface area contributed by atoms with Crippen molar-refractivity contribution in [1.82, 2.24) is 5.32 Å². The molecule has 1 aliphatic rings. The first-order valence-electron chi connectivity index (χ1n) is 9.31. The quantitative estimate of drug-likeness (QED) is 0.525. The molecule has 2 aromatic carbocycles. The zero-order valence-corrected chi connectivity index (χ0v) is 18.1. The minimum atomic E-state index is -0.811. The smallest absolute Gasteiger partial charge is 0.321 e. The average molecular weight is 466 g/mol. The van der Waals surface area contributed by atoms with Crippen LogP contribution in [0.2, 0.25) is 0 Å². The van der Waals surface area contributed by atoms with E-state index in [1.807, 2.05) is 30.3 Å². The number of rotatable bonds is 9. The van der Waals surface area contributed by atoms with Crippen LogP contribution in [-0.2, 0) is 11.2 Å². The fourth-order valence-corrected chi connectivity index (χ4v) is 4.69. The highest BCUT2D eigenvalue weighted by Crippen LogP contribution is 2.36. The minimum Gasteiger partial charge on any atom is -0.490 e. The van der Waals surface area contributed by atoms with Gasteiger partial charge in [0.2, 0.25) is 0 Å². The number of carboxylic acids is 1. The molecule has 0 aromatic heterocycles. The monoisotopic (exact) mass is 465 g/mol. The fourth-order valence-electron chi connectivity index (χ4n) is 2.96. The lowest BCUT2D eigenvalue weighted by Gasteiger charge is -2.14. The van der Waals surface area contributed by atoms with E-state index in [1.165, 1.54) is 5.56 Å². The van der Waals surface area contributed by atoms with Crippen molar-refractivity contribution in [3.05, 3.63) is 58.1 Å². The standard InChI is InChI=1S/C21H24BrNO4S/c1-2-3-14-4-7-16(8-5-14)26-10-11-27-19-9-6-15(12-17(19)22)20-23-18(13-28-20)21(24)25/h4-9,12,18,20,23H,2-3,10-11,13H2,1H3,(H,24,25). The van der Waals surface area contributed by atoms with E-state index in [9.17, 15) is 4.79 Å². The maximum absolute atomic E-state index is 11.1. The SMILES string of the molecule is CCCc1ccc(OCCOc2ccc(C3NC(C(=O)O)CS3)cc2Br)cc1. The molecule has 1 fully saturated rings. The van der Waals surface area contributed by atoms with Crippen LogP contribution in [0.15, 0.2) is 46.9 Å². The molecule has 0 amide bonds. The number of carboxylic acid groups (broad SMARTS) is 1. The zero-order chi connectivity index (χ0) is 19.9. The number of aryl methyl sites for hydroxylation is 1. The van der Waals surface area contributed by atoms with Gasteiger partial charge in [0.25, 0.3) is 0 Å². The lowest BCUT2D eigenvalue weighted by Crippen LogP contribution is -2.33. The Hall–Kier alpha value is -1.70. The van der Waals surface area contributed by atoms with E-state index in [1.54, 1.807) is 11.8 Å². The highest BCUT2D eigenvalue weighted by molar-refractivity contribution is 9.10. The van der Waals surface area contributed by atoms with Gasteiger partial charge in [-0.3, -0.25) is 10.1 Å². The predicted molar refractivity (Wildman–Crippen MR) is 115 cm³/mol. The van der Waals surface area contributed by atoms with Crippen molar-refractivity contribution in [1.29, 1.82) is 0 Å². The minimum absolute atomic E-state index is 0.0227. The zero-order valence-electron chi connectivity index (χ0n) is 15.7. The van der Waals surface area contributed by atoms with E-state index >= 15 is 0 Å². The van der Waals surface area contributed by atoms with E-state index in [0.717, 1.165) is 34.4 Å². The Balaban J connectivity index is 1.46. The van der Waals surface area contributed by atoms with Gasteiger partial charge in [0, 0.05) is 5.75 Å². The van der Waals surface area contributed by atoms with Crippen molar-refractivity contribution >= 4 is 33.7 Å². The molecule has 0 aliphatic carbocycles. The van der Waals surface area contributed by atoms with Crippen molar-refractivity contribution in [3.8, 4) is 11.5 Å². The first kappa shape index (κ1) is 21.0. The molecule has 0 radical (unpaired) electrons. The Morgan fingerprint density at radius 3 is 2.61 bits per heavy atom. The first-order valence-corrected chi connectivity index (χ1v) is 11.2. The summed E-state index contributed by atoms with van der Waals surface area (Å²) in [5.74, 6) is 1.33. The van der Waals surface area contributed by atoms with Crippen molar-refractivity contribution in [3.63, 3.8) is 0 Å². The molecule has 7 heteroatoms. The highest BCUT2D eigenvalue weighted by atomic mass is 79.9. The first-order chi connectivity index (χ1) is 13.6. The molecular formula is C21H24BrNO4S. The molecule has 1 saturated heterocycles. The van der Waals surface area contributed by atoms with Crippen LogP contribution in [0.3, 0.4) is 0 Å². The summed E-state index contributed by atoms with van der Waals surface area (Å²) in [6.07, 6.45) is 2.22. The van der Waals surface area contributed by atoms with Gasteiger partial charge < -0.3 is 14.6 Å². The van der Waals surface area contributed by atoms with Gasteiger partial charge in [-0.1, -0.05) is 31.5 Å². The second-order valence-electron chi connectivity index (χ2n) is 6.55.